The van der Waals surface area contributed by atoms with Crippen molar-refractivity contribution in [2.75, 3.05) is 4.90 Å². The summed E-state index contributed by atoms with van der Waals surface area (Å²) in [6, 6.07) is 45.9. The van der Waals surface area contributed by atoms with Gasteiger partial charge in [0.2, 0.25) is 0 Å². The Kier molecular flexibility index (Phi) is 4.94. The lowest BCUT2D eigenvalue weighted by atomic mass is 9.82. The monoisotopic (exact) mass is 593 g/mol. The van der Waals surface area contributed by atoms with E-state index >= 15 is 0 Å². The van der Waals surface area contributed by atoms with E-state index in [2.05, 4.69) is 128 Å². The van der Waals surface area contributed by atoms with Gasteiger partial charge < -0.3 is 4.90 Å². The van der Waals surface area contributed by atoms with E-state index < -0.39 is 0 Å². The summed E-state index contributed by atoms with van der Waals surface area (Å²) >= 11 is 1.92. The van der Waals surface area contributed by atoms with Crippen LogP contribution in [-0.4, -0.2) is 9.97 Å². The molecule has 2 aromatic heterocycles. The molecule has 212 valence electrons. The van der Waals surface area contributed by atoms with Crippen molar-refractivity contribution < 1.29 is 0 Å². The minimum atomic E-state index is -0.127. The number of benzene rings is 6. The summed E-state index contributed by atoms with van der Waals surface area (Å²) < 4.78 is 2.74. The highest BCUT2D eigenvalue weighted by Gasteiger charge is 2.38. The van der Waals surface area contributed by atoms with E-state index in [1.54, 1.807) is 0 Å². The highest BCUT2D eigenvalue weighted by molar-refractivity contribution is 7.26. The van der Waals surface area contributed by atoms with Crippen molar-refractivity contribution in [1.29, 1.82) is 0 Å². The molecule has 10 rings (SSSR count). The van der Waals surface area contributed by atoms with Crippen LogP contribution < -0.4 is 4.90 Å². The lowest BCUT2D eigenvalue weighted by Crippen LogP contribution is -2.18. The molecule has 0 spiro atoms. The van der Waals surface area contributed by atoms with E-state index in [1.807, 2.05) is 29.5 Å². The van der Waals surface area contributed by atoms with Crippen molar-refractivity contribution in [2.24, 2.45) is 0 Å². The fraction of sp³-hybridized carbons (Fsp3) is 0.0732. The van der Waals surface area contributed by atoms with Crippen molar-refractivity contribution in [3.8, 4) is 33.8 Å². The van der Waals surface area contributed by atoms with Crippen LogP contribution in [-0.2, 0) is 5.41 Å². The Balaban J connectivity index is 1.20. The van der Waals surface area contributed by atoms with Crippen LogP contribution in [0.2, 0.25) is 0 Å². The Morgan fingerprint density at radius 2 is 1.42 bits per heavy atom. The molecule has 1 aliphatic carbocycles. The number of fused-ring (bicyclic) bond motifs is 9. The predicted molar refractivity (Wildman–Crippen MR) is 189 cm³/mol. The van der Waals surface area contributed by atoms with Gasteiger partial charge in [-0.3, -0.25) is 0 Å². The number of aromatic nitrogens is 2. The van der Waals surface area contributed by atoms with Crippen LogP contribution in [0.4, 0.5) is 17.1 Å². The fourth-order valence-electron chi connectivity index (χ4n) is 7.67. The van der Waals surface area contributed by atoms with Crippen LogP contribution >= 0.6 is 11.3 Å². The van der Waals surface area contributed by atoms with E-state index in [1.165, 1.54) is 42.4 Å². The molecule has 4 heteroatoms. The Morgan fingerprint density at radius 3 is 2.33 bits per heavy atom. The third-order valence-corrected chi connectivity index (χ3v) is 11.0. The summed E-state index contributed by atoms with van der Waals surface area (Å²) in [6.45, 7) is 4.75. The van der Waals surface area contributed by atoms with Crippen LogP contribution in [0.25, 0.3) is 64.8 Å². The standard InChI is InChI=1S/C41H27N3S/c1-41(2)30-22-21-27-26-13-7-9-18-35(26)45-39(27)36(30)28-20-19-25(23-31(28)41)44-33-16-8-6-14-29(33)38-37-32(15-10-17-34(37)44)42-40(43-38)24-11-4-3-5-12-24/h3-23H,1-2H3. The van der Waals surface area contributed by atoms with E-state index in [-0.39, 0.29) is 5.41 Å². The van der Waals surface area contributed by atoms with Crippen LogP contribution in [0.5, 0.6) is 0 Å². The second kappa shape index (κ2) is 8.87. The van der Waals surface area contributed by atoms with Crippen LogP contribution in [0.15, 0.2) is 127 Å². The van der Waals surface area contributed by atoms with E-state index in [9.17, 15) is 0 Å². The molecular weight excluding hydrogens is 567 g/mol. The molecule has 3 nitrogen and oxygen atoms in total. The van der Waals surface area contributed by atoms with E-state index in [0.29, 0.717) is 0 Å². The van der Waals surface area contributed by atoms with Gasteiger partial charge in [-0.1, -0.05) is 105 Å². The maximum Gasteiger partial charge on any atom is 0.160 e. The fourth-order valence-corrected chi connectivity index (χ4v) is 8.93. The predicted octanol–water partition coefficient (Wildman–Crippen LogP) is 11.4. The first-order valence-corrected chi connectivity index (χ1v) is 16.2. The molecule has 0 amide bonds. The average molecular weight is 594 g/mol. The van der Waals surface area contributed by atoms with Gasteiger partial charge in [0, 0.05) is 48.0 Å². The van der Waals surface area contributed by atoms with Gasteiger partial charge in [-0.25, -0.2) is 9.97 Å². The van der Waals surface area contributed by atoms with Gasteiger partial charge >= 0.3 is 0 Å². The van der Waals surface area contributed by atoms with Gasteiger partial charge in [-0.2, -0.15) is 0 Å². The number of rotatable bonds is 2. The Labute approximate surface area is 265 Å². The molecule has 6 aromatic carbocycles. The van der Waals surface area contributed by atoms with Crippen LogP contribution in [0.3, 0.4) is 0 Å². The molecule has 45 heavy (non-hydrogen) atoms. The van der Waals surface area contributed by atoms with Crippen molar-refractivity contribution >= 4 is 59.5 Å². The highest BCUT2D eigenvalue weighted by Crippen LogP contribution is 2.56. The maximum absolute atomic E-state index is 5.19. The molecule has 0 saturated heterocycles. The third kappa shape index (κ3) is 3.35. The number of para-hydroxylation sites is 1. The Morgan fingerprint density at radius 1 is 0.622 bits per heavy atom. The van der Waals surface area contributed by atoms with E-state index in [4.69, 9.17) is 9.97 Å². The first-order valence-electron chi connectivity index (χ1n) is 15.4. The minimum Gasteiger partial charge on any atom is -0.309 e. The zero-order valence-corrected chi connectivity index (χ0v) is 25.7. The molecule has 0 unspecified atom stereocenters. The number of hydrogen-bond acceptors (Lipinski definition) is 4. The number of hydrogen-bond donors (Lipinski definition) is 0. The summed E-state index contributed by atoms with van der Waals surface area (Å²) in [7, 11) is 0. The number of nitrogens with zero attached hydrogens (tertiary/aromatic N) is 3. The summed E-state index contributed by atoms with van der Waals surface area (Å²) in [5, 5.41) is 3.79. The summed E-state index contributed by atoms with van der Waals surface area (Å²) in [6.07, 6.45) is 0. The van der Waals surface area contributed by atoms with Crippen LogP contribution in [0.1, 0.15) is 25.0 Å². The molecular formula is C41H27N3S. The number of thiophene rings is 1. The molecule has 0 N–H and O–H groups in total. The van der Waals surface area contributed by atoms with Gasteiger partial charge in [0.1, 0.15) is 0 Å². The van der Waals surface area contributed by atoms with E-state index in [0.717, 1.165) is 50.6 Å². The SMILES string of the molecule is CC1(C)c2cc(N3c4ccccc4-c4nc(-c5ccccc5)nc5cccc3c45)ccc2-c2c1ccc1c2sc2ccccc21. The highest BCUT2D eigenvalue weighted by atomic mass is 32.1. The first-order chi connectivity index (χ1) is 22.1. The minimum absolute atomic E-state index is 0.127. The van der Waals surface area contributed by atoms with Gasteiger partial charge in [-0.05, 0) is 53.1 Å². The van der Waals surface area contributed by atoms with Gasteiger partial charge in [0.05, 0.1) is 28.0 Å². The van der Waals surface area contributed by atoms with Gasteiger partial charge in [0.15, 0.2) is 5.82 Å². The van der Waals surface area contributed by atoms with Gasteiger partial charge in [0.25, 0.3) is 0 Å². The smallest absolute Gasteiger partial charge is 0.160 e. The molecule has 2 aliphatic rings. The number of anilines is 3. The zero-order chi connectivity index (χ0) is 29.9. The molecule has 1 aliphatic heterocycles. The Bertz CT molecular complexity index is 2530. The maximum atomic E-state index is 5.19. The summed E-state index contributed by atoms with van der Waals surface area (Å²) in [4.78, 5) is 12.7. The van der Waals surface area contributed by atoms with Crippen molar-refractivity contribution in [3.05, 3.63) is 139 Å². The zero-order valence-electron chi connectivity index (χ0n) is 24.9. The molecule has 0 atom stereocenters. The molecule has 0 saturated carbocycles. The lowest BCUT2D eigenvalue weighted by Gasteiger charge is -2.33. The van der Waals surface area contributed by atoms with Crippen LogP contribution in [0, 0.1) is 0 Å². The third-order valence-electron chi connectivity index (χ3n) is 9.80. The lowest BCUT2D eigenvalue weighted by molar-refractivity contribution is 0.661. The molecule has 3 heterocycles. The molecule has 0 radical (unpaired) electrons. The van der Waals surface area contributed by atoms with Crippen molar-refractivity contribution in [1.82, 2.24) is 9.97 Å². The summed E-state index contributed by atoms with van der Waals surface area (Å²) in [5.41, 5.74) is 12.9. The van der Waals surface area contributed by atoms with Crippen molar-refractivity contribution in [2.45, 2.75) is 19.3 Å². The first kappa shape index (κ1) is 25.1. The molecule has 0 bridgehead atoms. The normalized spacial score (nSPS) is 14.1. The van der Waals surface area contributed by atoms with Crippen molar-refractivity contribution in [3.63, 3.8) is 0 Å². The van der Waals surface area contributed by atoms with Gasteiger partial charge in [-0.15, -0.1) is 11.3 Å². The molecule has 0 fully saturated rings. The quantitative estimate of drug-likeness (QED) is 0.200. The topological polar surface area (TPSA) is 29.0 Å². The second-order valence-corrected chi connectivity index (χ2v) is 13.7. The summed E-state index contributed by atoms with van der Waals surface area (Å²) in [5.74, 6) is 0.753. The average Bonchev–Trinajstić information content (AvgIpc) is 3.57. The largest absolute Gasteiger partial charge is 0.309 e. The Hall–Kier alpha value is -5.32. The second-order valence-electron chi connectivity index (χ2n) is 12.6. The molecule has 8 aromatic rings.